The van der Waals surface area contributed by atoms with Crippen LogP contribution in [0.25, 0.3) is 0 Å². The van der Waals surface area contributed by atoms with Crippen molar-refractivity contribution in [2.45, 2.75) is 26.5 Å². The Bertz CT molecular complexity index is 630. The number of rotatable bonds is 6. The molecule has 22 heavy (non-hydrogen) atoms. The zero-order valence-corrected chi connectivity index (χ0v) is 12.8. The van der Waals surface area contributed by atoms with Crippen molar-refractivity contribution < 1.29 is 15.0 Å². The maximum Gasteiger partial charge on any atom is 0.335 e. The second kappa shape index (κ2) is 7.20. The molecule has 2 aromatic carbocycles. The van der Waals surface area contributed by atoms with E-state index in [2.05, 4.69) is 11.4 Å². The highest BCUT2D eigenvalue weighted by Gasteiger charge is 2.08. The summed E-state index contributed by atoms with van der Waals surface area (Å²) in [6.45, 7) is 5.06. The molecule has 1 unspecified atom stereocenters. The fourth-order valence-corrected chi connectivity index (χ4v) is 2.44. The van der Waals surface area contributed by atoms with E-state index in [9.17, 15) is 9.90 Å². The van der Waals surface area contributed by atoms with E-state index in [-0.39, 0.29) is 5.56 Å². The van der Waals surface area contributed by atoms with Crippen molar-refractivity contribution in [1.29, 1.82) is 0 Å². The largest absolute Gasteiger partial charge is 0.478 e. The lowest BCUT2D eigenvalue weighted by molar-refractivity contribution is 0.0697. The van der Waals surface area contributed by atoms with Gasteiger partial charge in [0.15, 0.2) is 0 Å². The average Bonchev–Trinajstić information content (AvgIpc) is 2.46. The van der Waals surface area contributed by atoms with E-state index in [1.165, 1.54) is 0 Å². The number of nitrogens with one attached hydrogen (secondary N) is 1. The van der Waals surface area contributed by atoms with Crippen LogP contribution in [0.15, 0.2) is 42.5 Å². The second-order valence-electron chi connectivity index (χ2n) is 5.57. The molecule has 1 atom stereocenters. The van der Waals surface area contributed by atoms with Crippen LogP contribution in [0.5, 0.6) is 0 Å². The van der Waals surface area contributed by atoms with Crippen LogP contribution in [0.2, 0.25) is 0 Å². The number of aromatic carboxylic acids is 1. The van der Waals surface area contributed by atoms with E-state index < -0.39 is 12.1 Å². The molecule has 0 spiro atoms. The van der Waals surface area contributed by atoms with Gasteiger partial charge in [-0.05, 0) is 37.1 Å². The average molecular weight is 299 g/mol. The molecular weight excluding hydrogens is 278 g/mol. The molecule has 2 rings (SSSR count). The molecule has 0 heterocycles. The van der Waals surface area contributed by atoms with Gasteiger partial charge in [0.05, 0.1) is 11.7 Å². The van der Waals surface area contributed by atoms with Crippen LogP contribution < -0.4 is 5.32 Å². The Kier molecular flexibility index (Phi) is 5.31. The highest BCUT2D eigenvalue weighted by atomic mass is 16.4. The Labute approximate surface area is 130 Å². The highest BCUT2D eigenvalue weighted by Crippen LogP contribution is 2.16. The molecule has 0 aliphatic carbocycles. The van der Waals surface area contributed by atoms with Gasteiger partial charge in [0.25, 0.3) is 0 Å². The van der Waals surface area contributed by atoms with E-state index >= 15 is 0 Å². The summed E-state index contributed by atoms with van der Waals surface area (Å²) in [5.74, 6) is -0.926. The zero-order chi connectivity index (χ0) is 16.1. The SMILES string of the molecule is Cc1cc(C)cc(C(O)CNCc2ccc(C(=O)O)cc2)c1. The lowest BCUT2D eigenvalue weighted by atomic mass is 10.0. The molecule has 0 amide bonds. The summed E-state index contributed by atoms with van der Waals surface area (Å²) in [6, 6.07) is 12.8. The smallest absolute Gasteiger partial charge is 0.335 e. The second-order valence-corrected chi connectivity index (χ2v) is 5.57. The Hall–Kier alpha value is -2.17. The van der Waals surface area contributed by atoms with E-state index in [4.69, 9.17) is 5.11 Å². The number of aryl methyl sites for hydroxylation is 2. The number of carboxylic acid groups (broad SMARTS) is 1. The van der Waals surface area contributed by atoms with Crippen molar-refractivity contribution in [2.75, 3.05) is 6.54 Å². The van der Waals surface area contributed by atoms with Crippen molar-refractivity contribution in [3.8, 4) is 0 Å². The summed E-state index contributed by atoms with van der Waals surface area (Å²) >= 11 is 0. The summed E-state index contributed by atoms with van der Waals surface area (Å²) in [7, 11) is 0. The third-order valence-corrected chi connectivity index (χ3v) is 3.50. The number of hydrogen-bond donors (Lipinski definition) is 3. The predicted octanol–water partition coefficient (Wildman–Crippen LogP) is 2.82. The van der Waals surface area contributed by atoms with Gasteiger partial charge in [0.1, 0.15) is 0 Å². The lowest BCUT2D eigenvalue weighted by Crippen LogP contribution is -2.21. The van der Waals surface area contributed by atoms with E-state index in [1.54, 1.807) is 24.3 Å². The van der Waals surface area contributed by atoms with Crippen LogP contribution in [0, 0.1) is 13.8 Å². The molecule has 0 saturated heterocycles. The van der Waals surface area contributed by atoms with Gasteiger partial charge in [0.2, 0.25) is 0 Å². The van der Waals surface area contributed by atoms with Gasteiger partial charge in [-0.1, -0.05) is 41.5 Å². The van der Waals surface area contributed by atoms with Crippen LogP contribution >= 0.6 is 0 Å². The third-order valence-electron chi connectivity index (χ3n) is 3.50. The number of carboxylic acids is 1. The minimum atomic E-state index is -0.926. The molecule has 2 aromatic rings. The van der Waals surface area contributed by atoms with Crippen molar-refractivity contribution >= 4 is 5.97 Å². The number of aliphatic hydroxyl groups is 1. The summed E-state index contributed by atoms with van der Waals surface area (Å²) in [4.78, 5) is 10.8. The topological polar surface area (TPSA) is 69.6 Å². The third kappa shape index (κ3) is 4.41. The van der Waals surface area contributed by atoms with Gasteiger partial charge >= 0.3 is 5.97 Å². The standard InChI is InChI=1S/C18H21NO3/c1-12-7-13(2)9-16(8-12)17(20)11-19-10-14-3-5-15(6-4-14)18(21)22/h3-9,17,19-20H,10-11H2,1-2H3,(H,21,22). The fourth-order valence-electron chi connectivity index (χ4n) is 2.44. The van der Waals surface area contributed by atoms with Gasteiger partial charge in [0, 0.05) is 13.1 Å². The molecule has 0 radical (unpaired) electrons. The minimum Gasteiger partial charge on any atom is -0.478 e. The fraction of sp³-hybridized carbons (Fsp3) is 0.278. The van der Waals surface area contributed by atoms with Crippen LogP contribution in [-0.4, -0.2) is 22.7 Å². The van der Waals surface area contributed by atoms with Crippen molar-refractivity contribution in [2.24, 2.45) is 0 Å². The minimum absolute atomic E-state index is 0.277. The quantitative estimate of drug-likeness (QED) is 0.767. The Morgan fingerprint density at radius 2 is 1.68 bits per heavy atom. The van der Waals surface area contributed by atoms with Crippen molar-refractivity contribution in [3.63, 3.8) is 0 Å². The highest BCUT2D eigenvalue weighted by molar-refractivity contribution is 5.87. The Balaban J connectivity index is 1.88. The van der Waals surface area contributed by atoms with Crippen LogP contribution in [-0.2, 0) is 6.54 Å². The van der Waals surface area contributed by atoms with Crippen LogP contribution in [0.1, 0.15) is 38.7 Å². The molecular formula is C18H21NO3. The molecule has 4 nitrogen and oxygen atoms in total. The molecule has 0 aromatic heterocycles. The lowest BCUT2D eigenvalue weighted by Gasteiger charge is -2.14. The van der Waals surface area contributed by atoms with Crippen LogP contribution in [0.3, 0.4) is 0 Å². The molecule has 3 N–H and O–H groups in total. The molecule has 0 aliphatic rings. The van der Waals surface area contributed by atoms with E-state index in [0.717, 1.165) is 22.3 Å². The van der Waals surface area contributed by atoms with E-state index in [0.29, 0.717) is 13.1 Å². The summed E-state index contributed by atoms with van der Waals surface area (Å²) in [5, 5.41) is 22.3. The maximum atomic E-state index is 10.8. The first-order valence-corrected chi connectivity index (χ1v) is 7.25. The van der Waals surface area contributed by atoms with Gasteiger partial charge in [-0.25, -0.2) is 4.79 Å². The van der Waals surface area contributed by atoms with Gasteiger partial charge in [-0.15, -0.1) is 0 Å². The predicted molar refractivity (Wildman–Crippen MR) is 86.0 cm³/mol. The first kappa shape index (κ1) is 16.2. The number of aliphatic hydroxyl groups excluding tert-OH is 1. The first-order valence-electron chi connectivity index (χ1n) is 7.25. The molecule has 116 valence electrons. The summed E-state index contributed by atoms with van der Waals surface area (Å²) < 4.78 is 0. The van der Waals surface area contributed by atoms with E-state index in [1.807, 2.05) is 26.0 Å². The van der Waals surface area contributed by atoms with Crippen LogP contribution in [0.4, 0.5) is 0 Å². The number of hydrogen-bond acceptors (Lipinski definition) is 3. The molecule has 0 bridgehead atoms. The molecule has 0 aliphatic heterocycles. The summed E-state index contributed by atoms with van der Waals surface area (Å²) in [6.07, 6.45) is -0.558. The van der Waals surface area contributed by atoms with Gasteiger partial charge in [-0.3, -0.25) is 0 Å². The summed E-state index contributed by atoms with van der Waals surface area (Å²) in [5.41, 5.74) is 4.44. The molecule has 0 fully saturated rings. The molecule has 4 heteroatoms. The van der Waals surface area contributed by atoms with Crippen molar-refractivity contribution in [1.82, 2.24) is 5.32 Å². The van der Waals surface area contributed by atoms with Gasteiger partial charge in [-0.2, -0.15) is 0 Å². The normalized spacial score (nSPS) is 12.1. The first-order chi connectivity index (χ1) is 10.5. The Morgan fingerprint density at radius 1 is 1.09 bits per heavy atom. The van der Waals surface area contributed by atoms with Crippen molar-refractivity contribution in [3.05, 3.63) is 70.3 Å². The maximum absolute atomic E-state index is 10.8. The monoisotopic (exact) mass is 299 g/mol. The Morgan fingerprint density at radius 3 is 2.23 bits per heavy atom. The molecule has 0 saturated carbocycles. The zero-order valence-electron chi connectivity index (χ0n) is 12.8. The number of carbonyl (C=O) groups is 1. The van der Waals surface area contributed by atoms with Gasteiger partial charge < -0.3 is 15.5 Å². The number of benzene rings is 2.